The third-order valence-electron chi connectivity index (χ3n) is 8.65. The average molecular weight is 608 g/mol. The Balaban J connectivity index is 1.08. The number of hydrogen-bond donors (Lipinski definition) is 1. The Labute approximate surface area is 267 Å². The van der Waals surface area contributed by atoms with Gasteiger partial charge in [0.1, 0.15) is 17.4 Å². The van der Waals surface area contributed by atoms with Gasteiger partial charge in [-0.2, -0.15) is 0 Å². The second-order valence-corrected chi connectivity index (χ2v) is 11.7. The summed E-state index contributed by atoms with van der Waals surface area (Å²) in [5, 5.41) is 10.9. The van der Waals surface area contributed by atoms with Gasteiger partial charge < -0.3 is 19.2 Å². The molecule has 228 valence electrons. The molecule has 6 nitrogen and oxygen atoms in total. The van der Waals surface area contributed by atoms with E-state index in [4.69, 9.17) is 9.15 Å². The normalized spacial score (nSPS) is 16.1. The van der Waals surface area contributed by atoms with Crippen molar-refractivity contribution in [2.75, 3.05) is 6.54 Å². The molecule has 0 bridgehead atoms. The van der Waals surface area contributed by atoms with E-state index in [1.165, 1.54) is 10.5 Å². The molecule has 0 radical (unpaired) electrons. The number of carbonyl (C=O) groups is 2. The van der Waals surface area contributed by atoms with Crippen molar-refractivity contribution >= 4 is 22.8 Å². The Hall–Kier alpha value is -5.46. The highest BCUT2D eigenvalue weighted by molar-refractivity contribution is 5.98. The standard InChI is InChI=1S/C40H33NO5/c42-39(41-25-33(24-35(41)40(43)44)45-26-28-11-5-2-6-12-28)32-21-17-30(18-22-32)29-15-19-31(20-16-29)38-34-13-7-8-14-36(34)46-37(38)23-27-9-3-1-4-10-27/h1-22,33,35H,23-26H2,(H,43,44). The Morgan fingerprint density at radius 1 is 0.717 bits per heavy atom. The van der Waals surface area contributed by atoms with Crippen molar-refractivity contribution < 1.29 is 23.8 Å². The molecule has 5 aromatic carbocycles. The fourth-order valence-corrected chi connectivity index (χ4v) is 6.28. The van der Waals surface area contributed by atoms with Crippen molar-refractivity contribution in [1.82, 2.24) is 4.90 Å². The summed E-state index contributed by atoms with van der Waals surface area (Å²) in [6, 6.07) is 43.0. The SMILES string of the molecule is O=C(O)C1CC(OCc2ccccc2)CN1C(=O)c1ccc(-c2ccc(-c3c(Cc4ccccc4)oc4ccccc34)cc2)cc1. The molecule has 1 aliphatic heterocycles. The molecule has 1 saturated heterocycles. The van der Waals surface area contributed by atoms with E-state index < -0.39 is 12.0 Å². The summed E-state index contributed by atoms with van der Waals surface area (Å²) in [4.78, 5) is 26.9. The first-order valence-corrected chi connectivity index (χ1v) is 15.5. The summed E-state index contributed by atoms with van der Waals surface area (Å²) in [5.74, 6) is -0.400. The molecule has 0 spiro atoms. The molecular weight excluding hydrogens is 574 g/mol. The Kier molecular flexibility index (Phi) is 8.19. The minimum atomic E-state index is -1.02. The van der Waals surface area contributed by atoms with Gasteiger partial charge in [0, 0.05) is 35.9 Å². The predicted octanol–water partition coefficient (Wildman–Crippen LogP) is 8.24. The molecule has 2 unspecified atom stereocenters. The summed E-state index contributed by atoms with van der Waals surface area (Å²) in [6.45, 7) is 0.610. The summed E-state index contributed by atoms with van der Waals surface area (Å²) >= 11 is 0. The molecule has 1 aliphatic rings. The topological polar surface area (TPSA) is 80.0 Å². The van der Waals surface area contributed by atoms with Crippen LogP contribution in [0, 0.1) is 0 Å². The van der Waals surface area contributed by atoms with Crippen LogP contribution in [0.1, 0.15) is 33.7 Å². The number of ether oxygens (including phenoxy) is 1. The highest BCUT2D eigenvalue weighted by Gasteiger charge is 2.40. The first-order valence-electron chi connectivity index (χ1n) is 15.5. The van der Waals surface area contributed by atoms with Crippen LogP contribution >= 0.6 is 0 Å². The number of benzene rings is 5. The van der Waals surface area contributed by atoms with Crippen molar-refractivity contribution in [3.05, 3.63) is 156 Å². The molecule has 1 amide bonds. The van der Waals surface area contributed by atoms with E-state index in [-0.39, 0.29) is 25.0 Å². The van der Waals surface area contributed by atoms with Gasteiger partial charge in [0.2, 0.25) is 0 Å². The van der Waals surface area contributed by atoms with Gasteiger partial charge in [-0.15, -0.1) is 0 Å². The van der Waals surface area contributed by atoms with E-state index >= 15 is 0 Å². The molecule has 2 atom stereocenters. The molecule has 2 heterocycles. The van der Waals surface area contributed by atoms with Gasteiger partial charge in [0.25, 0.3) is 5.91 Å². The number of carboxylic acid groups (broad SMARTS) is 1. The highest BCUT2D eigenvalue weighted by atomic mass is 16.5. The van der Waals surface area contributed by atoms with Crippen molar-refractivity contribution in [3.63, 3.8) is 0 Å². The first kappa shape index (κ1) is 29.3. The summed E-state index contributed by atoms with van der Waals surface area (Å²) in [6.07, 6.45) is 0.614. The third-order valence-corrected chi connectivity index (χ3v) is 8.65. The lowest BCUT2D eigenvalue weighted by molar-refractivity contribution is -0.141. The number of fused-ring (bicyclic) bond motifs is 1. The zero-order chi connectivity index (χ0) is 31.5. The van der Waals surface area contributed by atoms with Crippen LogP contribution in [0.25, 0.3) is 33.2 Å². The third kappa shape index (κ3) is 6.08. The van der Waals surface area contributed by atoms with Gasteiger partial charge in [0.05, 0.1) is 12.7 Å². The quantitative estimate of drug-likeness (QED) is 0.179. The lowest BCUT2D eigenvalue weighted by Gasteiger charge is -2.21. The minimum Gasteiger partial charge on any atom is -0.480 e. The minimum absolute atomic E-state index is 0.237. The molecule has 6 aromatic rings. The van der Waals surface area contributed by atoms with E-state index in [9.17, 15) is 14.7 Å². The van der Waals surface area contributed by atoms with Gasteiger partial charge >= 0.3 is 5.97 Å². The van der Waals surface area contributed by atoms with E-state index in [1.807, 2.05) is 78.9 Å². The number of furan rings is 1. The van der Waals surface area contributed by atoms with Gasteiger partial charge in [-0.1, -0.05) is 115 Å². The summed E-state index contributed by atoms with van der Waals surface area (Å²) in [5.41, 5.74) is 7.65. The monoisotopic (exact) mass is 607 g/mol. The summed E-state index contributed by atoms with van der Waals surface area (Å²) in [7, 11) is 0. The molecule has 6 heteroatoms. The van der Waals surface area contributed by atoms with Crippen LogP contribution in [-0.4, -0.2) is 40.6 Å². The zero-order valence-corrected chi connectivity index (χ0v) is 25.2. The fraction of sp³-hybridized carbons (Fsp3) is 0.150. The lowest BCUT2D eigenvalue weighted by Crippen LogP contribution is -2.40. The van der Waals surface area contributed by atoms with E-state index in [1.54, 1.807) is 12.1 Å². The van der Waals surface area contributed by atoms with Gasteiger partial charge in [-0.25, -0.2) is 4.79 Å². The number of likely N-dealkylation sites (tertiary alicyclic amines) is 1. The molecule has 7 rings (SSSR count). The van der Waals surface area contributed by atoms with Gasteiger partial charge in [0.15, 0.2) is 0 Å². The van der Waals surface area contributed by atoms with Gasteiger partial charge in [-0.05, 0) is 46.0 Å². The van der Waals surface area contributed by atoms with Crippen LogP contribution in [0.4, 0.5) is 0 Å². The molecule has 46 heavy (non-hydrogen) atoms. The van der Waals surface area contributed by atoms with Crippen molar-refractivity contribution in [3.8, 4) is 22.3 Å². The first-order chi connectivity index (χ1) is 22.5. The number of carboxylic acids is 1. The molecular formula is C40H33NO5. The van der Waals surface area contributed by atoms with E-state index in [0.29, 0.717) is 18.6 Å². The summed E-state index contributed by atoms with van der Waals surface area (Å²) < 4.78 is 12.3. The molecule has 0 saturated carbocycles. The number of carbonyl (C=O) groups excluding carboxylic acids is 1. The van der Waals surface area contributed by atoms with Crippen LogP contribution in [0.2, 0.25) is 0 Å². The van der Waals surface area contributed by atoms with E-state index in [0.717, 1.165) is 44.5 Å². The second-order valence-electron chi connectivity index (χ2n) is 11.7. The molecule has 1 fully saturated rings. The molecule has 0 aliphatic carbocycles. The van der Waals surface area contributed by atoms with Crippen LogP contribution in [0.15, 0.2) is 138 Å². The number of aliphatic carboxylic acids is 1. The largest absolute Gasteiger partial charge is 0.480 e. The second kappa shape index (κ2) is 12.9. The average Bonchev–Trinajstić information content (AvgIpc) is 3.70. The Bertz CT molecular complexity index is 1960. The number of hydrogen-bond acceptors (Lipinski definition) is 4. The zero-order valence-electron chi connectivity index (χ0n) is 25.2. The number of rotatable bonds is 9. The Morgan fingerprint density at radius 3 is 1.98 bits per heavy atom. The fourth-order valence-electron chi connectivity index (χ4n) is 6.28. The van der Waals surface area contributed by atoms with Crippen molar-refractivity contribution in [1.29, 1.82) is 0 Å². The predicted molar refractivity (Wildman–Crippen MR) is 178 cm³/mol. The van der Waals surface area contributed by atoms with Crippen LogP contribution < -0.4 is 0 Å². The molecule has 1 aromatic heterocycles. The van der Waals surface area contributed by atoms with Crippen LogP contribution in [0.3, 0.4) is 0 Å². The lowest BCUT2D eigenvalue weighted by atomic mass is 9.96. The maximum atomic E-state index is 13.5. The smallest absolute Gasteiger partial charge is 0.326 e. The Morgan fingerprint density at radius 2 is 1.30 bits per heavy atom. The maximum absolute atomic E-state index is 13.5. The van der Waals surface area contributed by atoms with Crippen molar-refractivity contribution in [2.45, 2.75) is 31.6 Å². The number of nitrogens with zero attached hydrogens (tertiary/aromatic N) is 1. The van der Waals surface area contributed by atoms with Crippen LogP contribution in [-0.2, 0) is 22.6 Å². The highest BCUT2D eigenvalue weighted by Crippen LogP contribution is 2.37. The van der Waals surface area contributed by atoms with E-state index in [2.05, 4.69) is 42.5 Å². The number of para-hydroxylation sites is 1. The van der Waals surface area contributed by atoms with Gasteiger partial charge in [-0.3, -0.25) is 4.79 Å². The number of amides is 1. The molecule has 1 N–H and O–H groups in total. The van der Waals surface area contributed by atoms with Crippen molar-refractivity contribution in [2.24, 2.45) is 0 Å². The maximum Gasteiger partial charge on any atom is 0.326 e. The van der Waals surface area contributed by atoms with Crippen LogP contribution in [0.5, 0.6) is 0 Å².